The molecule has 0 spiro atoms. The summed E-state index contributed by atoms with van der Waals surface area (Å²) in [7, 11) is 1.58. The number of halogens is 2. The largest absolute Gasteiger partial charge is 0.496 e. The van der Waals surface area contributed by atoms with Crippen molar-refractivity contribution in [3.05, 3.63) is 65.2 Å². The maximum atomic E-state index is 13.7. The fourth-order valence-electron chi connectivity index (χ4n) is 3.71. The summed E-state index contributed by atoms with van der Waals surface area (Å²) < 4.78 is 32.6. The SMILES string of the molecule is COc1ccccc1CC(=O)N1CCC(NC(=O)CCc2c(F)cccc2F)CC1. The van der Waals surface area contributed by atoms with Crippen molar-refractivity contribution < 1.29 is 23.1 Å². The summed E-state index contributed by atoms with van der Waals surface area (Å²) in [6.07, 6.45) is 1.61. The molecule has 0 unspecified atom stereocenters. The summed E-state index contributed by atoms with van der Waals surface area (Å²) in [5.41, 5.74) is 0.783. The molecule has 2 amide bonds. The van der Waals surface area contributed by atoms with Crippen molar-refractivity contribution in [1.29, 1.82) is 0 Å². The number of methoxy groups -OCH3 is 1. The van der Waals surface area contributed by atoms with E-state index < -0.39 is 11.6 Å². The average Bonchev–Trinajstić information content (AvgIpc) is 2.74. The summed E-state index contributed by atoms with van der Waals surface area (Å²) in [4.78, 5) is 26.6. The first-order valence-electron chi connectivity index (χ1n) is 10.1. The molecule has 1 saturated heterocycles. The molecule has 0 radical (unpaired) electrons. The Kier molecular flexibility index (Phi) is 7.38. The Morgan fingerprint density at radius 3 is 2.40 bits per heavy atom. The molecule has 5 nitrogen and oxygen atoms in total. The highest BCUT2D eigenvalue weighted by Gasteiger charge is 2.24. The second-order valence-electron chi connectivity index (χ2n) is 7.41. The number of hydrogen-bond donors (Lipinski definition) is 1. The smallest absolute Gasteiger partial charge is 0.227 e. The zero-order chi connectivity index (χ0) is 21.5. The number of amides is 2. The van der Waals surface area contributed by atoms with Gasteiger partial charge in [0.1, 0.15) is 17.4 Å². The molecule has 0 aliphatic carbocycles. The van der Waals surface area contributed by atoms with Gasteiger partial charge in [-0.05, 0) is 37.5 Å². The van der Waals surface area contributed by atoms with E-state index in [0.717, 1.165) is 5.56 Å². The molecule has 0 atom stereocenters. The Balaban J connectivity index is 1.44. The highest BCUT2D eigenvalue weighted by Crippen LogP contribution is 2.20. The molecule has 1 aliphatic heterocycles. The minimum absolute atomic E-state index is 0.0145. The molecule has 1 aliphatic rings. The molecule has 160 valence electrons. The van der Waals surface area contributed by atoms with E-state index in [1.54, 1.807) is 12.0 Å². The topological polar surface area (TPSA) is 58.6 Å². The summed E-state index contributed by atoms with van der Waals surface area (Å²) in [6, 6.07) is 11.1. The molecule has 1 fully saturated rings. The van der Waals surface area contributed by atoms with Crippen molar-refractivity contribution >= 4 is 11.8 Å². The number of benzene rings is 2. The van der Waals surface area contributed by atoms with Crippen molar-refractivity contribution in [2.24, 2.45) is 0 Å². The lowest BCUT2D eigenvalue weighted by Crippen LogP contribution is -2.47. The zero-order valence-electron chi connectivity index (χ0n) is 17.0. The van der Waals surface area contributed by atoms with E-state index in [1.807, 2.05) is 24.3 Å². The summed E-state index contributed by atoms with van der Waals surface area (Å²) in [5, 5.41) is 2.91. The highest BCUT2D eigenvalue weighted by atomic mass is 19.1. The van der Waals surface area contributed by atoms with Crippen LogP contribution in [-0.2, 0) is 22.4 Å². The number of carbonyl (C=O) groups is 2. The molecular formula is C23H26F2N2O3. The van der Waals surface area contributed by atoms with E-state index in [1.165, 1.54) is 18.2 Å². The molecular weight excluding hydrogens is 390 g/mol. The molecule has 30 heavy (non-hydrogen) atoms. The van der Waals surface area contributed by atoms with Crippen molar-refractivity contribution in [2.75, 3.05) is 20.2 Å². The van der Waals surface area contributed by atoms with Gasteiger partial charge in [-0.2, -0.15) is 0 Å². The monoisotopic (exact) mass is 416 g/mol. The third kappa shape index (κ3) is 5.55. The number of rotatable bonds is 7. The van der Waals surface area contributed by atoms with Gasteiger partial charge in [0.2, 0.25) is 11.8 Å². The predicted octanol–water partition coefficient (Wildman–Crippen LogP) is 3.26. The van der Waals surface area contributed by atoms with Crippen LogP contribution >= 0.6 is 0 Å². The van der Waals surface area contributed by atoms with E-state index in [-0.39, 0.29) is 42.7 Å². The number of ether oxygens (including phenoxy) is 1. The standard InChI is InChI=1S/C23H26F2N2O3/c1-30-21-8-3-2-5-16(21)15-23(29)27-13-11-17(12-14-27)26-22(28)10-9-18-19(24)6-4-7-20(18)25/h2-8,17H,9-15H2,1H3,(H,26,28). The maximum Gasteiger partial charge on any atom is 0.227 e. The first-order valence-corrected chi connectivity index (χ1v) is 10.1. The normalized spacial score (nSPS) is 14.4. The second-order valence-corrected chi connectivity index (χ2v) is 7.41. The van der Waals surface area contributed by atoms with Gasteiger partial charge in [-0.15, -0.1) is 0 Å². The Morgan fingerprint density at radius 1 is 1.07 bits per heavy atom. The first kappa shape index (κ1) is 21.7. The van der Waals surface area contributed by atoms with Gasteiger partial charge in [0.15, 0.2) is 0 Å². The number of piperidine rings is 1. The Morgan fingerprint density at radius 2 is 1.73 bits per heavy atom. The summed E-state index contributed by atoms with van der Waals surface area (Å²) in [5.74, 6) is -0.788. The van der Waals surface area contributed by atoms with Crippen LogP contribution in [0.15, 0.2) is 42.5 Å². The van der Waals surface area contributed by atoms with E-state index in [9.17, 15) is 18.4 Å². The molecule has 0 aromatic heterocycles. The van der Waals surface area contributed by atoms with Crippen LogP contribution in [0.5, 0.6) is 5.75 Å². The fraction of sp³-hybridized carbons (Fsp3) is 0.391. The van der Waals surface area contributed by atoms with E-state index in [0.29, 0.717) is 31.7 Å². The Labute approximate surface area is 175 Å². The minimum Gasteiger partial charge on any atom is -0.496 e. The molecule has 1 heterocycles. The number of nitrogens with zero attached hydrogens (tertiary/aromatic N) is 1. The summed E-state index contributed by atoms with van der Waals surface area (Å²) in [6.45, 7) is 1.11. The molecule has 1 N–H and O–H groups in total. The highest BCUT2D eigenvalue weighted by molar-refractivity contribution is 5.80. The lowest BCUT2D eigenvalue weighted by Gasteiger charge is -2.32. The molecule has 2 aromatic carbocycles. The van der Waals surface area contributed by atoms with Gasteiger partial charge in [-0.1, -0.05) is 24.3 Å². The number of likely N-dealkylation sites (tertiary alicyclic amines) is 1. The van der Waals surface area contributed by atoms with Crippen molar-refractivity contribution in [3.8, 4) is 5.75 Å². The Hall–Kier alpha value is -2.96. The van der Waals surface area contributed by atoms with Crippen molar-refractivity contribution in [2.45, 2.75) is 38.1 Å². The third-order valence-electron chi connectivity index (χ3n) is 5.41. The zero-order valence-corrected chi connectivity index (χ0v) is 17.0. The third-order valence-corrected chi connectivity index (χ3v) is 5.41. The van der Waals surface area contributed by atoms with Gasteiger partial charge in [-0.3, -0.25) is 9.59 Å². The van der Waals surface area contributed by atoms with Gasteiger partial charge in [0.25, 0.3) is 0 Å². The van der Waals surface area contributed by atoms with Gasteiger partial charge in [0.05, 0.1) is 13.5 Å². The van der Waals surface area contributed by atoms with Gasteiger partial charge >= 0.3 is 0 Å². The molecule has 0 saturated carbocycles. The van der Waals surface area contributed by atoms with Crippen LogP contribution in [0, 0.1) is 11.6 Å². The number of hydrogen-bond acceptors (Lipinski definition) is 3. The predicted molar refractivity (Wildman–Crippen MR) is 109 cm³/mol. The average molecular weight is 416 g/mol. The van der Waals surface area contributed by atoms with Crippen LogP contribution in [0.4, 0.5) is 8.78 Å². The van der Waals surface area contributed by atoms with Crippen LogP contribution < -0.4 is 10.1 Å². The lowest BCUT2D eigenvalue weighted by atomic mass is 10.0. The lowest BCUT2D eigenvalue weighted by molar-refractivity contribution is -0.131. The maximum absolute atomic E-state index is 13.7. The fourth-order valence-corrected chi connectivity index (χ4v) is 3.71. The van der Waals surface area contributed by atoms with E-state index >= 15 is 0 Å². The van der Waals surface area contributed by atoms with Gasteiger partial charge in [-0.25, -0.2) is 8.78 Å². The summed E-state index contributed by atoms with van der Waals surface area (Å²) >= 11 is 0. The molecule has 3 rings (SSSR count). The number of nitrogens with one attached hydrogen (secondary N) is 1. The van der Waals surface area contributed by atoms with Crippen LogP contribution in [0.2, 0.25) is 0 Å². The first-order chi connectivity index (χ1) is 14.5. The van der Waals surface area contributed by atoms with Crippen LogP contribution in [-0.4, -0.2) is 43.0 Å². The van der Waals surface area contributed by atoms with E-state index in [2.05, 4.69) is 5.32 Å². The van der Waals surface area contributed by atoms with Gasteiger partial charge < -0.3 is 15.0 Å². The number of carbonyl (C=O) groups excluding carboxylic acids is 2. The Bertz CT molecular complexity index is 876. The minimum atomic E-state index is -0.635. The van der Waals surface area contributed by atoms with Crippen molar-refractivity contribution in [3.63, 3.8) is 0 Å². The van der Waals surface area contributed by atoms with E-state index in [4.69, 9.17) is 4.74 Å². The van der Waals surface area contributed by atoms with Crippen LogP contribution in [0.3, 0.4) is 0 Å². The number of para-hydroxylation sites is 1. The molecule has 7 heteroatoms. The molecule has 0 bridgehead atoms. The van der Waals surface area contributed by atoms with Crippen LogP contribution in [0.1, 0.15) is 30.4 Å². The quantitative estimate of drug-likeness (QED) is 0.754. The van der Waals surface area contributed by atoms with Gasteiger partial charge in [0, 0.05) is 36.7 Å². The van der Waals surface area contributed by atoms with Crippen molar-refractivity contribution in [1.82, 2.24) is 10.2 Å². The second kappa shape index (κ2) is 10.2. The molecule has 2 aromatic rings. The van der Waals surface area contributed by atoms with Crippen LogP contribution in [0.25, 0.3) is 0 Å².